The lowest BCUT2D eigenvalue weighted by Gasteiger charge is -2.24. The molecule has 0 spiro atoms. The number of ether oxygens (including phenoxy) is 2. The van der Waals surface area contributed by atoms with E-state index >= 15 is 0 Å². The molecule has 166 valence electrons. The predicted molar refractivity (Wildman–Crippen MR) is 120 cm³/mol. The number of amides is 2. The number of H-pyrrole nitrogens is 1. The molecule has 3 heterocycles. The van der Waals surface area contributed by atoms with Gasteiger partial charge >= 0.3 is 12.2 Å². The van der Waals surface area contributed by atoms with Crippen LogP contribution >= 0.6 is 0 Å². The monoisotopic (exact) mass is 433 g/mol. The smallest absolute Gasteiger partial charge is 0.410 e. The molecule has 2 aromatic carbocycles. The fourth-order valence-corrected chi connectivity index (χ4v) is 4.69. The number of alkyl carbamates (subject to hydrolysis) is 1. The fraction of sp³-hybridized carbons (Fsp3) is 0.360. The van der Waals surface area contributed by atoms with Crippen molar-refractivity contribution in [3.8, 4) is 0 Å². The van der Waals surface area contributed by atoms with Crippen LogP contribution in [0.4, 0.5) is 9.59 Å². The van der Waals surface area contributed by atoms with E-state index < -0.39 is 0 Å². The van der Waals surface area contributed by atoms with Gasteiger partial charge in [-0.1, -0.05) is 36.4 Å². The van der Waals surface area contributed by atoms with Gasteiger partial charge in [0.15, 0.2) is 0 Å². The number of carbonyl (C=O) groups is 2. The van der Waals surface area contributed by atoms with E-state index in [0.717, 1.165) is 54.3 Å². The van der Waals surface area contributed by atoms with E-state index in [2.05, 4.69) is 28.5 Å². The van der Waals surface area contributed by atoms with Crippen molar-refractivity contribution < 1.29 is 19.1 Å². The molecule has 0 unspecified atom stereocenters. The van der Waals surface area contributed by atoms with Crippen molar-refractivity contribution in [2.75, 3.05) is 13.2 Å². The van der Waals surface area contributed by atoms with Crippen molar-refractivity contribution in [2.24, 2.45) is 0 Å². The number of fused-ring (bicyclic) bond motifs is 1. The van der Waals surface area contributed by atoms with E-state index in [-0.39, 0.29) is 24.3 Å². The summed E-state index contributed by atoms with van der Waals surface area (Å²) in [5.41, 5.74) is 4.41. The molecule has 5 rings (SSSR count). The molecular weight excluding hydrogens is 406 g/mol. The number of cyclic esters (lactones) is 1. The van der Waals surface area contributed by atoms with Crippen LogP contribution in [-0.4, -0.2) is 47.3 Å². The van der Waals surface area contributed by atoms with E-state index in [9.17, 15) is 9.59 Å². The third kappa shape index (κ3) is 4.42. The van der Waals surface area contributed by atoms with Crippen LogP contribution in [0.5, 0.6) is 0 Å². The summed E-state index contributed by atoms with van der Waals surface area (Å²) >= 11 is 0. The molecule has 2 aliphatic heterocycles. The minimum Gasteiger partial charge on any atom is -0.447 e. The van der Waals surface area contributed by atoms with Crippen molar-refractivity contribution in [1.82, 2.24) is 15.2 Å². The third-order valence-electron chi connectivity index (χ3n) is 6.32. The van der Waals surface area contributed by atoms with Crippen molar-refractivity contribution in [3.05, 3.63) is 71.4 Å². The van der Waals surface area contributed by atoms with Crippen molar-refractivity contribution in [1.29, 1.82) is 0 Å². The Morgan fingerprint density at radius 2 is 2.00 bits per heavy atom. The molecule has 3 aromatic rings. The Morgan fingerprint density at radius 3 is 2.81 bits per heavy atom. The number of likely N-dealkylation sites (tertiary alicyclic amines) is 1. The average molecular weight is 434 g/mol. The van der Waals surface area contributed by atoms with Crippen LogP contribution in [0.2, 0.25) is 0 Å². The summed E-state index contributed by atoms with van der Waals surface area (Å²) in [6, 6.07) is 16.2. The summed E-state index contributed by atoms with van der Waals surface area (Å²) in [4.78, 5) is 29.3. The van der Waals surface area contributed by atoms with Gasteiger partial charge in [0, 0.05) is 29.7 Å². The number of hydrogen-bond donors (Lipinski definition) is 2. The van der Waals surface area contributed by atoms with Crippen molar-refractivity contribution >= 4 is 23.1 Å². The molecule has 7 nitrogen and oxygen atoms in total. The van der Waals surface area contributed by atoms with E-state index in [1.54, 1.807) is 0 Å². The number of aromatic amines is 1. The molecule has 2 amide bonds. The van der Waals surface area contributed by atoms with Gasteiger partial charge in [-0.05, 0) is 54.5 Å². The van der Waals surface area contributed by atoms with E-state index in [1.165, 1.54) is 5.56 Å². The molecule has 2 aliphatic rings. The van der Waals surface area contributed by atoms with Crippen LogP contribution in [0, 0.1) is 0 Å². The first kappa shape index (κ1) is 20.4. The first-order valence-corrected chi connectivity index (χ1v) is 11.2. The van der Waals surface area contributed by atoms with Crippen molar-refractivity contribution in [3.63, 3.8) is 0 Å². The minimum absolute atomic E-state index is 0.00653. The SMILES string of the molecule is O=C1N[C@@H](Cc2ccc3[nH]cc(C[C@H]4CCCN4C(=O)OCc4ccccc4)c3c2)CO1. The van der Waals surface area contributed by atoms with Crippen LogP contribution < -0.4 is 5.32 Å². The maximum atomic E-state index is 12.7. The molecule has 32 heavy (non-hydrogen) atoms. The zero-order chi connectivity index (χ0) is 21.9. The Kier molecular flexibility index (Phi) is 5.71. The first-order valence-electron chi connectivity index (χ1n) is 11.2. The fourth-order valence-electron chi connectivity index (χ4n) is 4.69. The number of hydrogen-bond acceptors (Lipinski definition) is 4. The lowest BCUT2D eigenvalue weighted by Crippen LogP contribution is -2.37. The maximum Gasteiger partial charge on any atom is 0.410 e. The standard InChI is InChI=1S/C25H27N3O4/c29-24-27-20(16-31-24)11-18-8-9-23-22(12-18)19(14-26-23)13-21-7-4-10-28(21)25(30)32-15-17-5-2-1-3-6-17/h1-3,5-6,8-9,12,14,20-21,26H,4,7,10-11,13,15-16H2,(H,27,29)/t20-,21+/m0/s1. The minimum atomic E-state index is -0.348. The van der Waals surface area contributed by atoms with Crippen LogP contribution in [0.25, 0.3) is 10.9 Å². The molecule has 2 N–H and O–H groups in total. The highest BCUT2D eigenvalue weighted by Crippen LogP contribution is 2.27. The van der Waals surface area contributed by atoms with Gasteiger partial charge < -0.3 is 24.7 Å². The van der Waals surface area contributed by atoms with Crippen molar-refractivity contribution in [2.45, 2.75) is 44.4 Å². The van der Waals surface area contributed by atoms with E-state index in [0.29, 0.717) is 13.2 Å². The lowest BCUT2D eigenvalue weighted by atomic mass is 10.00. The normalized spacial score (nSPS) is 20.4. The van der Waals surface area contributed by atoms with E-state index in [1.807, 2.05) is 41.4 Å². The highest BCUT2D eigenvalue weighted by atomic mass is 16.6. The number of rotatable bonds is 6. The average Bonchev–Trinajstić information content (AvgIpc) is 3.54. The Hall–Kier alpha value is -3.48. The molecule has 2 atom stereocenters. The lowest BCUT2D eigenvalue weighted by molar-refractivity contribution is 0.0921. The summed E-state index contributed by atoms with van der Waals surface area (Å²) in [6.45, 7) is 1.42. The van der Waals surface area contributed by atoms with Crippen LogP contribution in [0.1, 0.15) is 29.5 Å². The summed E-state index contributed by atoms with van der Waals surface area (Å²) in [6.07, 6.45) is 4.92. The summed E-state index contributed by atoms with van der Waals surface area (Å²) in [5.74, 6) is 0. The Balaban J connectivity index is 1.26. The van der Waals surface area contributed by atoms with Gasteiger partial charge in [-0.15, -0.1) is 0 Å². The van der Waals surface area contributed by atoms with Crippen LogP contribution in [-0.2, 0) is 28.9 Å². The third-order valence-corrected chi connectivity index (χ3v) is 6.32. The van der Waals surface area contributed by atoms with E-state index in [4.69, 9.17) is 9.47 Å². The largest absolute Gasteiger partial charge is 0.447 e. The Bertz CT molecular complexity index is 1110. The maximum absolute atomic E-state index is 12.7. The number of aromatic nitrogens is 1. The Labute approximate surface area is 186 Å². The van der Waals surface area contributed by atoms with Gasteiger partial charge in [0.1, 0.15) is 13.2 Å². The molecule has 0 saturated carbocycles. The predicted octanol–water partition coefficient (Wildman–Crippen LogP) is 4.16. The first-order chi connectivity index (χ1) is 15.7. The molecule has 0 radical (unpaired) electrons. The summed E-state index contributed by atoms with van der Waals surface area (Å²) in [7, 11) is 0. The number of nitrogens with one attached hydrogen (secondary N) is 2. The number of carbonyl (C=O) groups excluding carboxylic acids is 2. The van der Waals surface area contributed by atoms with Gasteiger partial charge in [0.25, 0.3) is 0 Å². The summed E-state index contributed by atoms with van der Waals surface area (Å²) < 4.78 is 10.6. The van der Waals surface area contributed by atoms with Gasteiger partial charge in [-0.2, -0.15) is 0 Å². The topological polar surface area (TPSA) is 83.7 Å². The van der Waals surface area contributed by atoms with Gasteiger partial charge in [-0.3, -0.25) is 0 Å². The van der Waals surface area contributed by atoms with Crippen LogP contribution in [0.3, 0.4) is 0 Å². The number of benzene rings is 2. The number of nitrogens with zero attached hydrogens (tertiary/aromatic N) is 1. The molecule has 1 aromatic heterocycles. The quantitative estimate of drug-likeness (QED) is 0.611. The highest BCUT2D eigenvalue weighted by Gasteiger charge is 2.30. The second-order valence-electron chi connectivity index (χ2n) is 8.57. The second-order valence-corrected chi connectivity index (χ2v) is 8.57. The van der Waals surface area contributed by atoms with Gasteiger partial charge in [0.05, 0.1) is 6.04 Å². The van der Waals surface area contributed by atoms with Gasteiger partial charge in [0.2, 0.25) is 0 Å². The molecule has 7 heteroatoms. The molecular formula is C25H27N3O4. The molecule has 0 bridgehead atoms. The Morgan fingerprint density at radius 1 is 1.12 bits per heavy atom. The zero-order valence-corrected chi connectivity index (χ0v) is 17.9. The highest BCUT2D eigenvalue weighted by molar-refractivity contribution is 5.84. The second kappa shape index (κ2) is 8.94. The summed E-state index contributed by atoms with van der Waals surface area (Å²) in [5, 5.41) is 4.00. The molecule has 0 aliphatic carbocycles. The molecule has 2 fully saturated rings. The van der Waals surface area contributed by atoms with Gasteiger partial charge in [-0.25, -0.2) is 9.59 Å². The molecule has 2 saturated heterocycles. The zero-order valence-electron chi connectivity index (χ0n) is 17.9. The van der Waals surface area contributed by atoms with Crippen LogP contribution in [0.15, 0.2) is 54.7 Å².